The Hall–Kier alpha value is -2.75. The number of rotatable bonds is 6. The van der Waals surface area contributed by atoms with Crippen molar-refractivity contribution in [3.63, 3.8) is 0 Å². The van der Waals surface area contributed by atoms with E-state index in [9.17, 15) is 13.2 Å². The highest BCUT2D eigenvalue weighted by Gasteiger charge is 2.33. The standard InChI is InChI=1S/C23H25N3O4S2/c1-16-21(17-7-4-3-5-8-17)31-23(24-16)25-22(27)18-9-6-14-26(15-18)32(28,29)20-12-10-19(30-2)11-13-20/h3-5,7-8,10-13,18H,6,9,14-15H2,1-2H3,(H,24,25,27). The number of benzene rings is 2. The van der Waals surface area contributed by atoms with Gasteiger partial charge in [0.05, 0.1) is 28.5 Å². The Bertz CT molecular complexity index is 1190. The van der Waals surface area contributed by atoms with E-state index in [-0.39, 0.29) is 17.3 Å². The predicted molar refractivity (Wildman–Crippen MR) is 125 cm³/mol. The number of ether oxygens (including phenoxy) is 1. The first-order valence-corrected chi connectivity index (χ1v) is 12.6. The molecule has 1 aliphatic heterocycles. The number of aryl methyl sites for hydroxylation is 1. The summed E-state index contributed by atoms with van der Waals surface area (Å²) in [5.41, 5.74) is 1.90. The molecule has 7 nitrogen and oxygen atoms in total. The Morgan fingerprint density at radius 3 is 2.56 bits per heavy atom. The van der Waals surface area contributed by atoms with E-state index in [4.69, 9.17) is 4.74 Å². The molecule has 0 bridgehead atoms. The van der Waals surface area contributed by atoms with Crippen molar-refractivity contribution in [2.75, 3.05) is 25.5 Å². The first-order valence-electron chi connectivity index (χ1n) is 10.4. The molecule has 1 aliphatic rings. The average Bonchev–Trinajstić information content (AvgIpc) is 3.19. The lowest BCUT2D eigenvalue weighted by Crippen LogP contribution is -2.43. The molecule has 1 atom stereocenters. The van der Waals surface area contributed by atoms with Gasteiger partial charge in [0.25, 0.3) is 0 Å². The van der Waals surface area contributed by atoms with E-state index >= 15 is 0 Å². The number of hydrogen-bond donors (Lipinski definition) is 1. The van der Waals surface area contributed by atoms with Crippen molar-refractivity contribution >= 4 is 32.4 Å². The first-order chi connectivity index (χ1) is 15.4. The van der Waals surface area contributed by atoms with Gasteiger partial charge >= 0.3 is 0 Å². The molecule has 1 unspecified atom stereocenters. The third-order valence-corrected chi connectivity index (χ3v) is 8.52. The lowest BCUT2D eigenvalue weighted by molar-refractivity contribution is -0.120. The minimum absolute atomic E-state index is 0.149. The highest BCUT2D eigenvalue weighted by Crippen LogP contribution is 2.33. The number of nitrogens with one attached hydrogen (secondary N) is 1. The molecule has 0 aliphatic carbocycles. The van der Waals surface area contributed by atoms with Crippen LogP contribution in [0.15, 0.2) is 59.5 Å². The third-order valence-electron chi connectivity index (χ3n) is 5.51. The monoisotopic (exact) mass is 471 g/mol. The maximum Gasteiger partial charge on any atom is 0.243 e. The summed E-state index contributed by atoms with van der Waals surface area (Å²) >= 11 is 1.42. The Labute approximate surface area is 192 Å². The van der Waals surface area contributed by atoms with E-state index in [1.54, 1.807) is 12.1 Å². The molecule has 2 aromatic carbocycles. The maximum atomic E-state index is 13.1. The van der Waals surface area contributed by atoms with Gasteiger partial charge in [-0.05, 0) is 49.6 Å². The summed E-state index contributed by atoms with van der Waals surface area (Å²) in [6.45, 7) is 2.46. The number of methoxy groups -OCH3 is 1. The van der Waals surface area contributed by atoms with Gasteiger partial charge in [-0.3, -0.25) is 4.79 Å². The van der Waals surface area contributed by atoms with Gasteiger partial charge in [0.15, 0.2) is 5.13 Å². The molecule has 1 aromatic heterocycles. The molecule has 2 heterocycles. The van der Waals surface area contributed by atoms with Crippen molar-refractivity contribution in [2.24, 2.45) is 5.92 Å². The smallest absolute Gasteiger partial charge is 0.243 e. The number of amides is 1. The van der Waals surface area contributed by atoms with Crippen LogP contribution in [0.25, 0.3) is 10.4 Å². The zero-order valence-electron chi connectivity index (χ0n) is 17.9. The molecule has 9 heteroatoms. The number of aromatic nitrogens is 1. The van der Waals surface area contributed by atoms with Gasteiger partial charge in [0, 0.05) is 13.1 Å². The van der Waals surface area contributed by atoms with Gasteiger partial charge in [-0.25, -0.2) is 13.4 Å². The van der Waals surface area contributed by atoms with Crippen LogP contribution in [0.5, 0.6) is 5.75 Å². The summed E-state index contributed by atoms with van der Waals surface area (Å²) in [7, 11) is -2.15. The highest BCUT2D eigenvalue weighted by atomic mass is 32.2. The topological polar surface area (TPSA) is 88.6 Å². The van der Waals surface area contributed by atoms with Crippen molar-refractivity contribution in [2.45, 2.75) is 24.7 Å². The van der Waals surface area contributed by atoms with E-state index in [0.717, 1.165) is 16.1 Å². The Morgan fingerprint density at radius 2 is 1.88 bits per heavy atom. The second kappa shape index (κ2) is 9.40. The number of carbonyl (C=O) groups excluding carboxylic acids is 1. The summed E-state index contributed by atoms with van der Waals surface area (Å²) in [6.07, 6.45) is 1.26. The summed E-state index contributed by atoms with van der Waals surface area (Å²) in [6, 6.07) is 16.2. The molecule has 0 saturated carbocycles. The number of sulfonamides is 1. The second-order valence-corrected chi connectivity index (χ2v) is 10.6. The predicted octanol–water partition coefficient (Wildman–Crippen LogP) is 4.17. The van der Waals surface area contributed by atoms with Gasteiger partial charge in [0.2, 0.25) is 15.9 Å². The van der Waals surface area contributed by atoms with E-state index in [2.05, 4.69) is 10.3 Å². The highest BCUT2D eigenvalue weighted by molar-refractivity contribution is 7.89. The van der Waals surface area contributed by atoms with E-state index in [1.165, 1.54) is 34.9 Å². The van der Waals surface area contributed by atoms with Crippen LogP contribution in [0.4, 0.5) is 5.13 Å². The zero-order chi connectivity index (χ0) is 22.7. The minimum atomic E-state index is -3.68. The lowest BCUT2D eigenvalue weighted by atomic mass is 9.99. The van der Waals surface area contributed by atoms with Gasteiger partial charge in [0.1, 0.15) is 5.75 Å². The van der Waals surface area contributed by atoms with Gasteiger partial charge in [-0.2, -0.15) is 4.31 Å². The fourth-order valence-electron chi connectivity index (χ4n) is 3.79. The van der Waals surface area contributed by atoms with E-state index in [1.807, 2.05) is 37.3 Å². The van der Waals surface area contributed by atoms with Crippen LogP contribution in [0.3, 0.4) is 0 Å². The van der Waals surface area contributed by atoms with Crippen LogP contribution in [0.2, 0.25) is 0 Å². The summed E-state index contributed by atoms with van der Waals surface area (Å²) in [5, 5.41) is 3.43. The quantitative estimate of drug-likeness (QED) is 0.583. The first kappa shape index (κ1) is 22.4. The fraction of sp³-hybridized carbons (Fsp3) is 0.304. The van der Waals surface area contributed by atoms with Crippen LogP contribution in [0.1, 0.15) is 18.5 Å². The number of anilines is 1. The normalized spacial score (nSPS) is 17.1. The second-order valence-electron chi connectivity index (χ2n) is 7.67. The lowest BCUT2D eigenvalue weighted by Gasteiger charge is -2.31. The van der Waals surface area contributed by atoms with E-state index in [0.29, 0.717) is 30.3 Å². The van der Waals surface area contributed by atoms with Crippen LogP contribution in [-0.4, -0.2) is 43.8 Å². The van der Waals surface area contributed by atoms with Crippen molar-refractivity contribution in [3.05, 3.63) is 60.3 Å². The average molecular weight is 472 g/mol. The Balaban J connectivity index is 1.46. The third kappa shape index (κ3) is 4.69. The fourth-order valence-corrected chi connectivity index (χ4v) is 6.28. The molecule has 1 saturated heterocycles. The molecular formula is C23H25N3O4S2. The van der Waals surface area contributed by atoms with Gasteiger partial charge in [-0.1, -0.05) is 41.7 Å². The summed E-state index contributed by atoms with van der Waals surface area (Å²) in [4.78, 5) is 18.6. The summed E-state index contributed by atoms with van der Waals surface area (Å²) < 4.78 is 32.6. The van der Waals surface area contributed by atoms with Crippen molar-refractivity contribution < 1.29 is 17.9 Å². The van der Waals surface area contributed by atoms with Crippen molar-refractivity contribution in [1.29, 1.82) is 0 Å². The van der Waals surface area contributed by atoms with Gasteiger partial charge in [-0.15, -0.1) is 0 Å². The van der Waals surface area contributed by atoms with Gasteiger partial charge < -0.3 is 10.1 Å². The van der Waals surface area contributed by atoms with E-state index < -0.39 is 15.9 Å². The number of nitrogens with zero attached hydrogens (tertiary/aromatic N) is 2. The molecule has 0 radical (unpaired) electrons. The Kier molecular flexibility index (Phi) is 6.59. The van der Waals surface area contributed by atoms with Crippen LogP contribution >= 0.6 is 11.3 Å². The Morgan fingerprint density at radius 1 is 1.16 bits per heavy atom. The molecule has 1 N–H and O–H groups in total. The number of thiazole rings is 1. The van der Waals surface area contributed by atoms with Crippen LogP contribution in [0, 0.1) is 12.8 Å². The number of piperidine rings is 1. The summed E-state index contributed by atoms with van der Waals surface area (Å²) in [5.74, 6) is -0.0393. The molecule has 1 fully saturated rings. The molecule has 32 heavy (non-hydrogen) atoms. The molecular weight excluding hydrogens is 446 g/mol. The van der Waals surface area contributed by atoms with Crippen molar-refractivity contribution in [3.8, 4) is 16.2 Å². The van der Waals surface area contributed by atoms with Crippen molar-refractivity contribution in [1.82, 2.24) is 9.29 Å². The molecule has 168 valence electrons. The minimum Gasteiger partial charge on any atom is -0.497 e. The van der Waals surface area contributed by atoms with Crippen LogP contribution in [-0.2, 0) is 14.8 Å². The van der Waals surface area contributed by atoms with Crippen LogP contribution < -0.4 is 10.1 Å². The molecule has 3 aromatic rings. The molecule has 0 spiro atoms. The SMILES string of the molecule is COc1ccc(S(=O)(=O)N2CCCC(C(=O)Nc3nc(C)c(-c4ccccc4)s3)C2)cc1. The maximum absolute atomic E-state index is 13.1. The molecule has 4 rings (SSSR count). The molecule has 1 amide bonds. The number of hydrogen-bond acceptors (Lipinski definition) is 6. The number of carbonyl (C=O) groups is 1. The largest absolute Gasteiger partial charge is 0.497 e. The zero-order valence-corrected chi connectivity index (χ0v) is 19.6.